The topological polar surface area (TPSA) is 102 Å². The number of allylic oxidation sites excluding steroid dienone is 1. The summed E-state index contributed by atoms with van der Waals surface area (Å²) in [4.78, 5) is 6.74. The lowest BCUT2D eigenvalue weighted by Gasteiger charge is -2.39. The third-order valence-corrected chi connectivity index (χ3v) is 7.25. The standard InChI is InChI=1S/C27H27F3N4O3/c28-27(29,30)37-23-4-2-1-3-21(23)25(32)22(26(35)17-6-7-17)15-36-20-11-18-8-9-19(12-20)34(18)24-10-5-16(13-31)14-33-24/h1-5,10,14,17-20,32,35H,6-9,11-12,15H2/b26-22-,32-25?. The van der Waals surface area contributed by atoms with Crippen molar-refractivity contribution in [3.05, 3.63) is 65.1 Å². The molecule has 5 rings (SSSR count). The van der Waals surface area contributed by atoms with Crippen molar-refractivity contribution < 1.29 is 27.8 Å². The molecule has 0 amide bonds. The Morgan fingerprint density at radius 3 is 2.41 bits per heavy atom. The Balaban J connectivity index is 1.30. The van der Waals surface area contributed by atoms with Gasteiger partial charge in [0.15, 0.2) is 0 Å². The van der Waals surface area contributed by atoms with E-state index in [0.717, 1.165) is 50.4 Å². The van der Waals surface area contributed by atoms with Crippen molar-refractivity contribution in [1.82, 2.24) is 4.98 Å². The average Bonchev–Trinajstić information content (AvgIpc) is 3.68. The third kappa shape index (κ3) is 5.57. The van der Waals surface area contributed by atoms with E-state index in [9.17, 15) is 18.3 Å². The van der Waals surface area contributed by atoms with E-state index in [2.05, 4.69) is 20.7 Å². The number of alkyl halides is 3. The van der Waals surface area contributed by atoms with Gasteiger partial charge in [-0.05, 0) is 62.8 Å². The first-order valence-corrected chi connectivity index (χ1v) is 12.4. The van der Waals surface area contributed by atoms with Gasteiger partial charge in [0.05, 0.1) is 24.0 Å². The summed E-state index contributed by atoms with van der Waals surface area (Å²) in [7, 11) is 0. The molecule has 2 bridgehead atoms. The van der Waals surface area contributed by atoms with Gasteiger partial charge in [-0.15, -0.1) is 13.2 Å². The molecule has 2 atom stereocenters. The van der Waals surface area contributed by atoms with Crippen LogP contribution in [-0.2, 0) is 4.74 Å². The van der Waals surface area contributed by atoms with Crippen LogP contribution in [0.3, 0.4) is 0 Å². The minimum Gasteiger partial charge on any atom is -0.512 e. The highest BCUT2D eigenvalue weighted by atomic mass is 19.4. The van der Waals surface area contributed by atoms with Gasteiger partial charge in [0.1, 0.15) is 23.4 Å². The average molecular weight is 513 g/mol. The number of nitriles is 1. The molecule has 2 aromatic rings. The summed E-state index contributed by atoms with van der Waals surface area (Å²) < 4.78 is 49.2. The number of aliphatic hydroxyl groups excluding tert-OH is 1. The first-order chi connectivity index (χ1) is 17.7. The number of hydrogen-bond donors (Lipinski definition) is 2. The maximum absolute atomic E-state index is 12.9. The van der Waals surface area contributed by atoms with Gasteiger partial charge in [0, 0.05) is 35.3 Å². The van der Waals surface area contributed by atoms with Gasteiger partial charge in [-0.1, -0.05) is 12.1 Å². The van der Waals surface area contributed by atoms with Crippen molar-refractivity contribution in [2.45, 2.75) is 63.1 Å². The molecule has 2 unspecified atom stereocenters. The molecule has 0 spiro atoms. The van der Waals surface area contributed by atoms with Crippen LogP contribution in [0.4, 0.5) is 19.0 Å². The molecule has 7 nitrogen and oxygen atoms in total. The second-order valence-corrected chi connectivity index (χ2v) is 9.77. The van der Waals surface area contributed by atoms with E-state index >= 15 is 0 Å². The highest BCUT2D eigenvalue weighted by Crippen LogP contribution is 2.41. The fourth-order valence-corrected chi connectivity index (χ4v) is 5.37. The Hall–Kier alpha value is -3.58. The minimum absolute atomic E-state index is 0.00834. The fraction of sp³-hybridized carbons (Fsp3) is 0.444. The number of halogens is 3. The molecule has 3 fully saturated rings. The summed E-state index contributed by atoms with van der Waals surface area (Å²) in [5.41, 5.74) is 0.428. The summed E-state index contributed by atoms with van der Waals surface area (Å²) in [6.07, 6.45) is 1.53. The number of nitrogens with zero attached hydrogens (tertiary/aromatic N) is 3. The zero-order chi connectivity index (χ0) is 26.2. The molecule has 1 aromatic heterocycles. The number of aromatic nitrogens is 1. The first-order valence-electron chi connectivity index (χ1n) is 12.4. The van der Waals surface area contributed by atoms with E-state index < -0.39 is 12.1 Å². The maximum Gasteiger partial charge on any atom is 0.573 e. The van der Waals surface area contributed by atoms with Crippen LogP contribution in [0.5, 0.6) is 5.75 Å². The Bertz CT molecular complexity index is 1220. The van der Waals surface area contributed by atoms with Crippen LogP contribution in [0, 0.1) is 22.7 Å². The molecule has 1 saturated carbocycles. The molecule has 1 aromatic carbocycles. The van der Waals surface area contributed by atoms with Crippen molar-refractivity contribution in [3.63, 3.8) is 0 Å². The Morgan fingerprint density at radius 1 is 1.11 bits per heavy atom. The lowest BCUT2D eigenvalue weighted by molar-refractivity contribution is -0.274. The normalized spacial score (nSPS) is 23.8. The lowest BCUT2D eigenvalue weighted by atomic mass is 9.98. The van der Waals surface area contributed by atoms with Crippen LogP contribution in [0.25, 0.3) is 0 Å². The Morgan fingerprint density at radius 2 is 1.81 bits per heavy atom. The second kappa shape index (κ2) is 10.1. The molecule has 10 heteroatoms. The summed E-state index contributed by atoms with van der Waals surface area (Å²) >= 11 is 0. The summed E-state index contributed by atoms with van der Waals surface area (Å²) in [5, 5.41) is 28.6. The predicted octanol–water partition coefficient (Wildman–Crippen LogP) is 5.66. The number of para-hydroxylation sites is 1. The largest absolute Gasteiger partial charge is 0.573 e. The summed E-state index contributed by atoms with van der Waals surface area (Å²) in [6.45, 7) is -0.0687. The van der Waals surface area contributed by atoms with Crippen LogP contribution in [0.2, 0.25) is 0 Å². The van der Waals surface area contributed by atoms with Crippen molar-refractivity contribution >= 4 is 11.5 Å². The van der Waals surface area contributed by atoms with Crippen LogP contribution < -0.4 is 9.64 Å². The summed E-state index contributed by atoms with van der Waals surface area (Å²) in [5.74, 6) is 0.256. The number of nitrogens with one attached hydrogen (secondary N) is 1. The van der Waals surface area contributed by atoms with E-state index in [0.29, 0.717) is 5.56 Å². The van der Waals surface area contributed by atoms with E-state index in [-0.39, 0.29) is 53.3 Å². The number of fused-ring (bicyclic) bond motifs is 2. The van der Waals surface area contributed by atoms with Gasteiger partial charge in [-0.2, -0.15) is 5.26 Å². The SMILES string of the molecule is N#Cc1ccc(N2C3CCC2CC(OC/C(C(=N)c2ccccc2OC(F)(F)F)=C(/O)C2CC2)C3)nc1. The van der Waals surface area contributed by atoms with Gasteiger partial charge >= 0.3 is 6.36 Å². The minimum atomic E-state index is -4.90. The zero-order valence-corrected chi connectivity index (χ0v) is 20.0. The number of rotatable bonds is 8. The van der Waals surface area contributed by atoms with Gasteiger partial charge < -0.3 is 19.5 Å². The number of pyridine rings is 1. The van der Waals surface area contributed by atoms with Gasteiger partial charge in [0.2, 0.25) is 0 Å². The Kier molecular flexibility index (Phi) is 6.82. The molecule has 2 N–H and O–H groups in total. The van der Waals surface area contributed by atoms with Crippen molar-refractivity contribution in [2.75, 3.05) is 11.5 Å². The highest BCUT2D eigenvalue weighted by molar-refractivity contribution is 6.12. The smallest absolute Gasteiger partial charge is 0.512 e. The fourth-order valence-electron chi connectivity index (χ4n) is 5.37. The first kappa shape index (κ1) is 25.1. The monoisotopic (exact) mass is 512 g/mol. The zero-order valence-electron chi connectivity index (χ0n) is 20.0. The van der Waals surface area contributed by atoms with E-state index in [1.54, 1.807) is 12.3 Å². The molecule has 3 heterocycles. The predicted molar refractivity (Wildman–Crippen MR) is 130 cm³/mol. The molecule has 1 aliphatic carbocycles. The quantitative estimate of drug-likeness (QED) is 0.350. The highest BCUT2D eigenvalue weighted by Gasteiger charge is 2.42. The third-order valence-electron chi connectivity index (χ3n) is 7.25. The number of hydrogen-bond acceptors (Lipinski definition) is 7. The van der Waals surface area contributed by atoms with Crippen LogP contribution in [-0.4, -0.2) is 47.0 Å². The number of aliphatic hydroxyl groups is 1. The maximum atomic E-state index is 12.9. The Labute approximate surface area is 212 Å². The molecule has 2 aliphatic heterocycles. The molecule has 0 radical (unpaired) electrons. The second-order valence-electron chi connectivity index (χ2n) is 9.77. The van der Waals surface area contributed by atoms with Gasteiger partial charge in [0.25, 0.3) is 0 Å². The number of ether oxygens (including phenoxy) is 2. The van der Waals surface area contributed by atoms with Crippen LogP contribution in [0.1, 0.15) is 49.7 Å². The van der Waals surface area contributed by atoms with E-state index in [4.69, 9.17) is 15.4 Å². The van der Waals surface area contributed by atoms with E-state index in [1.165, 1.54) is 18.2 Å². The van der Waals surface area contributed by atoms with Gasteiger partial charge in [-0.3, -0.25) is 5.41 Å². The molecule has 3 aliphatic rings. The van der Waals surface area contributed by atoms with Crippen molar-refractivity contribution in [1.29, 1.82) is 10.7 Å². The molecular formula is C27H27F3N4O3. The lowest BCUT2D eigenvalue weighted by Crippen LogP contribution is -2.46. The number of benzene rings is 1. The van der Waals surface area contributed by atoms with Crippen LogP contribution in [0.15, 0.2) is 53.9 Å². The summed E-state index contributed by atoms with van der Waals surface area (Å²) in [6, 6.07) is 11.6. The van der Waals surface area contributed by atoms with Crippen molar-refractivity contribution in [2.24, 2.45) is 5.92 Å². The number of anilines is 1. The van der Waals surface area contributed by atoms with Gasteiger partial charge in [-0.25, -0.2) is 4.98 Å². The molecule has 37 heavy (non-hydrogen) atoms. The molecular weight excluding hydrogens is 485 g/mol. The van der Waals surface area contributed by atoms with Crippen molar-refractivity contribution in [3.8, 4) is 11.8 Å². The van der Waals surface area contributed by atoms with Crippen LogP contribution >= 0.6 is 0 Å². The van der Waals surface area contributed by atoms with E-state index in [1.807, 2.05) is 6.07 Å². The molecule has 2 saturated heterocycles. The molecule has 194 valence electrons. The number of piperidine rings is 1.